The predicted molar refractivity (Wildman–Crippen MR) is 107 cm³/mol. The molecule has 0 saturated carbocycles. The maximum absolute atomic E-state index is 12.4. The van der Waals surface area contributed by atoms with Gasteiger partial charge in [0, 0.05) is 18.3 Å². The van der Waals surface area contributed by atoms with Crippen LogP contribution in [-0.2, 0) is 16.6 Å². The summed E-state index contributed by atoms with van der Waals surface area (Å²) in [6, 6.07) is 15.2. The van der Waals surface area contributed by atoms with Crippen LogP contribution in [0.3, 0.4) is 0 Å². The van der Waals surface area contributed by atoms with Crippen LogP contribution in [0.25, 0.3) is 10.1 Å². The van der Waals surface area contributed by atoms with E-state index in [0.717, 1.165) is 21.9 Å². The summed E-state index contributed by atoms with van der Waals surface area (Å²) in [5.74, 6) is -0.134. The summed E-state index contributed by atoms with van der Waals surface area (Å²) in [5.41, 5.74) is 2.80. The van der Waals surface area contributed by atoms with E-state index in [-0.39, 0.29) is 5.91 Å². The molecule has 1 amide bonds. The molecule has 0 aliphatic heterocycles. The van der Waals surface area contributed by atoms with Crippen molar-refractivity contribution in [3.8, 4) is 0 Å². The van der Waals surface area contributed by atoms with Gasteiger partial charge in [0.15, 0.2) is 0 Å². The Kier molecular flexibility index (Phi) is 5.02. The van der Waals surface area contributed by atoms with Crippen molar-refractivity contribution in [3.05, 3.63) is 64.5 Å². The number of rotatable bonds is 5. The zero-order chi connectivity index (χ0) is 18.9. The van der Waals surface area contributed by atoms with E-state index in [4.69, 9.17) is 0 Å². The molecule has 26 heavy (non-hydrogen) atoms. The number of carbonyl (C=O) groups excluding carboxylic acids is 1. The molecule has 0 atom stereocenters. The van der Waals surface area contributed by atoms with E-state index in [1.54, 1.807) is 18.2 Å². The molecule has 0 unspecified atom stereocenters. The Labute approximate surface area is 157 Å². The number of thiophene rings is 1. The van der Waals surface area contributed by atoms with Crippen LogP contribution in [0.5, 0.6) is 0 Å². The Bertz CT molecular complexity index is 1050. The van der Waals surface area contributed by atoms with Crippen LogP contribution in [0.2, 0.25) is 0 Å². The summed E-state index contributed by atoms with van der Waals surface area (Å²) in [7, 11) is -1.81. The lowest BCUT2D eigenvalue weighted by molar-refractivity contribution is 0.0955. The summed E-state index contributed by atoms with van der Waals surface area (Å²) < 4.78 is 25.5. The van der Waals surface area contributed by atoms with E-state index >= 15 is 0 Å². The zero-order valence-corrected chi connectivity index (χ0v) is 16.4. The molecule has 0 saturated heterocycles. The number of nitrogens with zero attached hydrogens (tertiary/aromatic N) is 1. The number of fused-ring (bicyclic) bond motifs is 1. The third-order valence-electron chi connectivity index (χ3n) is 4.16. The topological polar surface area (TPSA) is 66.5 Å². The van der Waals surface area contributed by atoms with Crippen molar-refractivity contribution in [2.24, 2.45) is 0 Å². The number of carbonyl (C=O) groups is 1. The molecule has 0 bridgehead atoms. The number of anilines is 1. The lowest BCUT2D eigenvalue weighted by atomic mass is 10.1. The summed E-state index contributed by atoms with van der Waals surface area (Å²) in [6.07, 6.45) is 1.16. The van der Waals surface area contributed by atoms with E-state index in [9.17, 15) is 13.2 Å². The maximum Gasteiger partial charge on any atom is 0.261 e. The van der Waals surface area contributed by atoms with Crippen LogP contribution < -0.4 is 9.62 Å². The highest BCUT2D eigenvalue weighted by molar-refractivity contribution is 7.92. The summed E-state index contributed by atoms with van der Waals surface area (Å²) >= 11 is 1.39. The normalized spacial score (nSPS) is 11.5. The molecule has 136 valence electrons. The van der Waals surface area contributed by atoms with Crippen molar-refractivity contribution in [1.29, 1.82) is 0 Å². The summed E-state index contributed by atoms with van der Waals surface area (Å²) in [4.78, 5) is 13.0. The van der Waals surface area contributed by atoms with Gasteiger partial charge in [0.05, 0.1) is 16.8 Å². The van der Waals surface area contributed by atoms with Crippen LogP contribution in [0.1, 0.15) is 20.8 Å². The first-order valence-electron chi connectivity index (χ1n) is 8.05. The molecule has 0 spiro atoms. The fourth-order valence-electron chi connectivity index (χ4n) is 2.51. The average Bonchev–Trinajstić information content (AvgIpc) is 3.02. The summed E-state index contributed by atoms with van der Waals surface area (Å²) in [5, 5.41) is 3.77. The molecule has 1 N–H and O–H groups in total. The van der Waals surface area contributed by atoms with Crippen molar-refractivity contribution in [1.82, 2.24) is 5.32 Å². The second-order valence-corrected chi connectivity index (χ2v) is 9.33. The zero-order valence-electron chi connectivity index (χ0n) is 14.8. The standard InChI is InChI=1S/C19H20N2O3S2/c1-13-4-6-14(7-5-13)12-20-19(22)18-11-15-10-16(8-9-17(15)25-18)21(2)26(3,23)24/h4-11H,12H2,1-3H3,(H,20,22). The van der Waals surface area contributed by atoms with Gasteiger partial charge in [-0.15, -0.1) is 11.3 Å². The molecule has 0 radical (unpaired) electrons. The largest absolute Gasteiger partial charge is 0.347 e. The maximum atomic E-state index is 12.4. The van der Waals surface area contributed by atoms with Gasteiger partial charge in [-0.25, -0.2) is 8.42 Å². The number of amides is 1. The molecule has 7 heteroatoms. The third-order valence-corrected chi connectivity index (χ3v) is 6.48. The second kappa shape index (κ2) is 7.09. The number of nitrogens with one attached hydrogen (secondary N) is 1. The van der Waals surface area contributed by atoms with Gasteiger partial charge < -0.3 is 5.32 Å². The molecule has 5 nitrogen and oxygen atoms in total. The molecule has 3 rings (SSSR count). The fourth-order valence-corrected chi connectivity index (χ4v) is 3.96. The third kappa shape index (κ3) is 4.05. The lowest BCUT2D eigenvalue weighted by Crippen LogP contribution is -2.24. The van der Waals surface area contributed by atoms with Gasteiger partial charge in [-0.2, -0.15) is 0 Å². The average molecular weight is 389 g/mol. The molecule has 2 aromatic carbocycles. The van der Waals surface area contributed by atoms with Crippen molar-refractivity contribution >= 4 is 43.0 Å². The minimum atomic E-state index is -3.32. The van der Waals surface area contributed by atoms with E-state index in [2.05, 4.69) is 5.32 Å². The molecular formula is C19H20N2O3S2. The van der Waals surface area contributed by atoms with Gasteiger partial charge in [0.25, 0.3) is 5.91 Å². The van der Waals surface area contributed by atoms with Crippen molar-refractivity contribution in [3.63, 3.8) is 0 Å². The number of sulfonamides is 1. The van der Waals surface area contributed by atoms with E-state index in [1.165, 1.54) is 28.3 Å². The number of aryl methyl sites for hydroxylation is 1. The first kappa shape index (κ1) is 18.4. The SMILES string of the molecule is Cc1ccc(CNC(=O)c2cc3cc(N(C)S(C)(=O)=O)ccc3s2)cc1. The van der Waals surface area contributed by atoms with Gasteiger partial charge in [-0.1, -0.05) is 29.8 Å². The Morgan fingerprint density at radius 2 is 1.81 bits per heavy atom. The smallest absolute Gasteiger partial charge is 0.261 e. The van der Waals surface area contributed by atoms with Crippen molar-refractivity contribution in [2.45, 2.75) is 13.5 Å². The van der Waals surface area contributed by atoms with Crippen molar-refractivity contribution < 1.29 is 13.2 Å². The van der Waals surface area contributed by atoms with Crippen LogP contribution in [0, 0.1) is 6.92 Å². The molecule has 1 heterocycles. The van der Waals surface area contributed by atoms with Gasteiger partial charge in [0.1, 0.15) is 0 Å². The highest BCUT2D eigenvalue weighted by Gasteiger charge is 2.15. The van der Waals surface area contributed by atoms with Gasteiger partial charge in [0.2, 0.25) is 10.0 Å². The molecule has 0 aliphatic rings. The predicted octanol–water partition coefficient (Wildman–Crippen LogP) is 3.54. The van der Waals surface area contributed by atoms with E-state index in [0.29, 0.717) is 17.1 Å². The summed E-state index contributed by atoms with van der Waals surface area (Å²) in [6.45, 7) is 2.49. The Balaban J connectivity index is 1.77. The Morgan fingerprint density at radius 1 is 1.12 bits per heavy atom. The van der Waals surface area contributed by atoms with Gasteiger partial charge in [-0.05, 0) is 42.1 Å². The highest BCUT2D eigenvalue weighted by atomic mass is 32.2. The van der Waals surface area contributed by atoms with E-state index < -0.39 is 10.0 Å². The minimum absolute atomic E-state index is 0.134. The number of benzene rings is 2. The van der Waals surface area contributed by atoms with E-state index in [1.807, 2.05) is 37.3 Å². The van der Waals surface area contributed by atoms with Crippen molar-refractivity contribution in [2.75, 3.05) is 17.6 Å². The van der Waals surface area contributed by atoms with Gasteiger partial charge >= 0.3 is 0 Å². The molecule has 0 aliphatic carbocycles. The quantitative estimate of drug-likeness (QED) is 0.727. The fraction of sp³-hybridized carbons (Fsp3) is 0.211. The van der Waals surface area contributed by atoms with Gasteiger partial charge in [-0.3, -0.25) is 9.10 Å². The Hall–Kier alpha value is -2.38. The highest BCUT2D eigenvalue weighted by Crippen LogP contribution is 2.30. The monoisotopic (exact) mass is 388 g/mol. The number of hydrogen-bond acceptors (Lipinski definition) is 4. The number of hydrogen-bond donors (Lipinski definition) is 1. The minimum Gasteiger partial charge on any atom is -0.347 e. The first-order chi connectivity index (χ1) is 12.2. The van der Waals surface area contributed by atoms with Crippen LogP contribution >= 0.6 is 11.3 Å². The van der Waals surface area contributed by atoms with Crippen LogP contribution in [-0.4, -0.2) is 27.6 Å². The Morgan fingerprint density at radius 3 is 2.46 bits per heavy atom. The van der Waals surface area contributed by atoms with Crippen LogP contribution in [0.15, 0.2) is 48.5 Å². The molecule has 3 aromatic rings. The molecule has 1 aromatic heterocycles. The lowest BCUT2D eigenvalue weighted by Gasteiger charge is -2.16. The van der Waals surface area contributed by atoms with Crippen LogP contribution in [0.4, 0.5) is 5.69 Å². The molecular weight excluding hydrogens is 368 g/mol. The first-order valence-corrected chi connectivity index (χ1v) is 10.7. The second-order valence-electron chi connectivity index (χ2n) is 6.23. The molecule has 0 fully saturated rings.